The Hall–Kier alpha value is -1.56. The van der Waals surface area contributed by atoms with Crippen LogP contribution in [0.1, 0.15) is 24.5 Å². The molecule has 122 valence electrons. The van der Waals surface area contributed by atoms with Gasteiger partial charge in [-0.1, -0.05) is 17.7 Å². The number of carbonyl (C=O) groups is 1. The van der Waals surface area contributed by atoms with Crippen LogP contribution in [-0.2, 0) is 21.1 Å². The summed E-state index contributed by atoms with van der Waals surface area (Å²) in [5.74, 6) is 0.898. The number of sulfone groups is 1. The monoisotopic (exact) mass is 325 g/mol. The van der Waals surface area contributed by atoms with Crippen molar-refractivity contribution in [1.82, 2.24) is 4.90 Å². The number of methoxy groups -OCH3 is 1. The number of likely N-dealkylation sites (N-methyl/N-ethyl adjacent to an activating group) is 1. The normalized spacial score (nSPS) is 19.9. The molecule has 0 aromatic heterocycles. The summed E-state index contributed by atoms with van der Waals surface area (Å²) in [5.41, 5.74) is 1.90. The SMILES string of the molecule is CCN(C(=O)Cc1cc(C)ccc1OC)C1CCS(=O)(=O)C1. The summed E-state index contributed by atoms with van der Waals surface area (Å²) in [5, 5.41) is 0. The minimum absolute atomic E-state index is 0.0477. The summed E-state index contributed by atoms with van der Waals surface area (Å²) in [6.07, 6.45) is 0.766. The molecular weight excluding hydrogens is 302 g/mol. The third kappa shape index (κ3) is 3.80. The molecule has 1 aromatic carbocycles. The van der Waals surface area contributed by atoms with Crippen LogP contribution in [0, 0.1) is 6.92 Å². The molecule has 1 aromatic rings. The van der Waals surface area contributed by atoms with Crippen molar-refractivity contribution < 1.29 is 17.9 Å². The van der Waals surface area contributed by atoms with E-state index in [4.69, 9.17) is 4.74 Å². The Morgan fingerprint density at radius 1 is 1.41 bits per heavy atom. The number of amides is 1. The van der Waals surface area contributed by atoms with Crippen molar-refractivity contribution >= 4 is 15.7 Å². The van der Waals surface area contributed by atoms with Crippen molar-refractivity contribution in [3.8, 4) is 5.75 Å². The molecule has 0 radical (unpaired) electrons. The van der Waals surface area contributed by atoms with Crippen molar-refractivity contribution in [3.05, 3.63) is 29.3 Å². The molecule has 1 unspecified atom stereocenters. The van der Waals surface area contributed by atoms with Gasteiger partial charge < -0.3 is 9.64 Å². The first-order valence-corrected chi connectivity index (χ1v) is 9.32. The fourth-order valence-corrected chi connectivity index (χ4v) is 4.70. The van der Waals surface area contributed by atoms with Crippen LogP contribution in [0.3, 0.4) is 0 Å². The van der Waals surface area contributed by atoms with Crippen molar-refractivity contribution in [2.75, 3.05) is 25.2 Å². The van der Waals surface area contributed by atoms with Gasteiger partial charge in [-0.05, 0) is 26.3 Å². The average Bonchev–Trinajstić information content (AvgIpc) is 2.80. The predicted molar refractivity (Wildman–Crippen MR) is 85.9 cm³/mol. The molecule has 0 bridgehead atoms. The quantitative estimate of drug-likeness (QED) is 0.824. The third-order valence-corrected chi connectivity index (χ3v) is 5.84. The highest BCUT2D eigenvalue weighted by molar-refractivity contribution is 7.91. The van der Waals surface area contributed by atoms with E-state index in [1.165, 1.54) is 0 Å². The van der Waals surface area contributed by atoms with Gasteiger partial charge in [-0.2, -0.15) is 0 Å². The maximum atomic E-state index is 12.6. The van der Waals surface area contributed by atoms with Crippen LogP contribution in [0.4, 0.5) is 0 Å². The van der Waals surface area contributed by atoms with Crippen molar-refractivity contribution in [2.24, 2.45) is 0 Å². The third-order valence-electron chi connectivity index (χ3n) is 4.09. The highest BCUT2D eigenvalue weighted by Crippen LogP contribution is 2.23. The highest BCUT2D eigenvalue weighted by Gasteiger charge is 2.33. The van der Waals surface area contributed by atoms with E-state index in [9.17, 15) is 13.2 Å². The van der Waals surface area contributed by atoms with Gasteiger partial charge in [0.15, 0.2) is 9.84 Å². The lowest BCUT2D eigenvalue weighted by Gasteiger charge is -2.27. The number of carbonyl (C=O) groups excluding carboxylic acids is 1. The topological polar surface area (TPSA) is 63.7 Å². The molecule has 6 heteroatoms. The smallest absolute Gasteiger partial charge is 0.227 e. The number of ether oxygens (including phenoxy) is 1. The lowest BCUT2D eigenvalue weighted by atomic mass is 10.1. The molecule has 1 atom stereocenters. The van der Waals surface area contributed by atoms with E-state index < -0.39 is 9.84 Å². The van der Waals surface area contributed by atoms with Crippen molar-refractivity contribution in [1.29, 1.82) is 0 Å². The van der Waals surface area contributed by atoms with Crippen LogP contribution in [-0.4, -0.2) is 50.4 Å². The van der Waals surface area contributed by atoms with Crippen LogP contribution in [0.15, 0.2) is 18.2 Å². The molecule has 0 N–H and O–H groups in total. The van der Waals surface area contributed by atoms with Crippen LogP contribution in [0.25, 0.3) is 0 Å². The van der Waals surface area contributed by atoms with Gasteiger partial charge in [0, 0.05) is 18.2 Å². The number of rotatable bonds is 5. The number of nitrogens with zero attached hydrogens (tertiary/aromatic N) is 1. The van der Waals surface area contributed by atoms with Gasteiger partial charge in [-0.15, -0.1) is 0 Å². The highest BCUT2D eigenvalue weighted by atomic mass is 32.2. The average molecular weight is 325 g/mol. The summed E-state index contributed by atoms with van der Waals surface area (Å²) >= 11 is 0. The summed E-state index contributed by atoms with van der Waals surface area (Å²) < 4.78 is 28.6. The Morgan fingerprint density at radius 3 is 2.68 bits per heavy atom. The summed E-state index contributed by atoms with van der Waals surface area (Å²) in [4.78, 5) is 14.3. The summed E-state index contributed by atoms with van der Waals surface area (Å²) in [6.45, 7) is 4.37. The molecular formula is C16H23NO4S. The molecule has 0 spiro atoms. The molecule has 2 rings (SSSR count). The van der Waals surface area contributed by atoms with E-state index in [1.807, 2.05) is 32.0 Å². The summed E-state index contributed by atoms with van der Waals surface area (Å²) in [7, 11) is -1.41. The zero-order chi connectivity index (χ0) is 16.3. The van der Waals surface area contributed by atoms with Gasteiger partial charge in [0.2, 0.25) is 5.91 Å². The largest absolute Gasteiger partial charge is 0.496 e. The van der Waals surface area contributed by atoms with Gasteiger partial charge in [0.1, 0.15) is 5.75 Å². The first kappa shape index (κ1) is 16.8. The van der Waals surface area contributed by atoms with E-state index in [-0.39, 0.29) is 29.9 Å². The number of hydrogen-bond acceptors (Lipinski definition) is 4. The van der Waals surface area contributed by atoms with Crippen LogP contribution >= 0.6 is 0 Å². The zero-order valence-electron chi connectivity index (χ0n) is 13.3. The number of hydrogen-bond donors (Lipinski definition) is 0. The lowest BCUT2D eigenvalue weighted by Crippen LogP contribution is -2.41. The lowest BCUT2D eigenvalue weighted by molar-refractivity contribution is -0.132. The van der Waals surface area contributed by atoms with E-state index in [0.717, 1.165) is 11.1 Å². The molecule has 1 amide bonds. The molecule has 0 saturated carbocycles. The van der Waals surface area contributed by atoms with Crippen molar-refractivity contribution in [2.45, 2.75) is 32.7 Å². The molecule has 5 nitrogen and oxygen atoms in total. The van der Waals surface area contributed by atoms with Gasteiger partial charge in [-0.25, -0.2) is 8.42 Å². The number of aryl methyl sites for hydroxylation is 1. The minimum Gasteiger partial charge on any atom is -0.496 e. The second-order valence-electron chi connectivity index (χ2n) is 5.73. The molecule has 1 aliphatic heterocycles. The van der Waals surface area contributed by atoms with Crippen LogP contribution in [0.5, 0.6) is 5.75 Å². The predicted octanol–water partition coefficient (Wildman–Crippen LogP) is 1.58. The second-order valence-corrected chi connectivity index (χ2v) is 7.96. The first-order chi connectivity index (χ1) is 10.4. The molecule has 22 heavy (non-hydrogen) atoms. The summed E-state index contributed by atoms with van der Waals surface area (Å²) in [6, 6.07) is 5.54. The molecule has 0 aliphatic carbocycles. The number of benzene rings is 1. The van der Waals surface area contributed by atoms with E-state index in [1.54, 1.807) is 12.0 Å². The van der Waals surface area contributed by atoms with Crippen molar-refractivity contribution in [3.63, 3.8) is 0 Å². The maximum Gasteiger partial charge on any atom is 0.227 e. The van der Waals surface area contributed by atoms with E-state index in [0.29, 0.717) is 18.7 Å². The second kappa shape index (κ2) is 6.69. The Kier molecular flexibility index (Phi) is 5.11. The molecule has 1 saturated heterocycles. The van der Waals surface area contributed by atoms with Crippen LogP contribution in [0.2, 0.25) is 0 Å². The maximum absolute atomic E-state index is 12.6. The minimum atomic E-state index is -3.00. The first-order valence-electron chi connectivity index (χ1n) is 7.49. The Balaban J connectivity index is 2.15. The molecule has 1 heterocycles. The Labute approximate surface area is 132 Å². The Bertz CT molecular complexity index is 654. The fourth-order valence-electron chi connectivity index (χ4n) is 2.97. The van der Waals surface area contributed by atoms with Gasteiger partial charge in [0.05, 0.1) is 25.0 Å². The van der Waals surface area contributed by atoms with E-state index in [2.05, 4.69) is 0 Å². The zero-order valence-corrected chi connectivity index (χ0v) is 14.1. The van der Waals surface area contributed by atoms with Crippen LogP contribution < -0.4 is 4.74 Å². The Morgan fingerprint density at radius 2 is 2.14 bits per heavy atom. The molecule has 1 aliphatic rings. The fraction of sp³-hybridized carbons (Fsp3) is 0.562. The van der Waals surface area contributed by atoms with Gasteiger partial charge in [0.25, 0.3) is 0 Å². The van der Waals surface area contributed by atoms with E-state index >= 15 is 0 Å². The van der Waals surface area contributed by atoms with Gasteiger partial charge >= 0.3 is 0 Å². The van der Waals surface area contributed by atoms with Gasteiger partial charge in [-0.3, -0.25) is 4.79 Å². The standard InChI is InChI=1S/C16H23NO4S/c1-4-17(14-7-8-22(19,20)11-14)16(18)10-13-9-12(2)5-6-15(13)21-3/h5-6,9,14H,4,7-8,10-11H2,1-3H3. The molecule has 1 fully saturated rings.